The predicted octanol–water partition coefficient (Wildman–Crippen LogP) is 2.70. The van der Waals surface area contributed by atoms with Gasteiger partial charge in [-0.1, -0.05) is 12.1 Å². The third-order valence-electron chi connectivity index (χ3n) is 4.58. The lowest BCUT2D eigenvalue weighted by atomic mass is 10.1. The van der Waals surface area contributed by atoms with Crippen molar-refractivity contribution in [3.05, 3.63) is 30.2 Å². The van der Waals surface area contributed by atoms with Crippen LogP contribution in [0.3, 0.4) is 0 Å². The highest BCUT2D eigenvalue weighted by Crippen LogP contribution is 2.35. The van der Waals surface area contributed by atoms with Gasteiger partial charge in [0, 0.05) is 37.6 Å². The highest BCUT2D eigenvalue weighted by Gasteiger charge is 2.24. The summed E-state index contributed by atoms with van der Waals surface area (Å²) >= 11 is 0. The van der Waals surface area contributed by atoms with Gasteiger partial charge in [0.25, 0.3) is 0 Å². The maximum Gasteiger partial charge on any atom is 0.139 e. The van der Waals surface area contributed by atoms with Crippen LogP contribution in [0.5, 0.6) is 0 Å². The van der Waals surface area contributed by atoms with E-state index in [-0.39, 0.29) is 5.82 Å². The van der Waals surface area contributed by atoms with E-state index in [0.717, 1.165) is 43.1 Å². The van der Waals surface area contributed by atoms with Crippen molar-refractivity contribution in [2.45, 2.75) is 18.9 Å². The zero-order valence-corrected chi connectivity index (χ0v) is 12.8. The molecule has 4 rings (SSSR count). The molecule has 0 unspecified atom stereocenters. The van der Waals surface area contributed by atoms with Crippen molar-refractivity contribution in [2.24, 2.45) is 0 Å². The number of pyridine rings is 1. The molecule has 1 aliphatic carbocycles. The van der Waals surface area contributed by atoms with E-state index >= 15 is 0 Å². The summed E-state index contributed by atoms with van der Waals surface area (Å²) in [5, 5.41) is 5.06. The molecule has 1 aliphatic heterocycles. The zero-order chi connectivity index (χ0) is 15.1. The van der Waals surface area contributed by atoms with E-state index in [1.165, 1.54) is 18.9 Å². The average molecular weight is 300 g/mol. The summed E-state index contributed by atoms with van der Waals surface area (Å²) in [6.45, 7) is 3.75. The number of halogens is 1. The van der Waals surface area contributed by atoms with Crippen molar-refractivity contribution in [3.63, 3.8) is 0 Å². The van der Waals surface area contributed by atoms with Crippen molar-refractivity contribution in [1.82, 2.24) is 9.88 Å². The second kappa shape index (κ2) is 5.39. The summed E-state index contributed by atoms with van der Waals surface area (Å²) in [7, 11) is 2.12. The number of likely N-dealkylation sites (N-methyl/N-ethyl adjacent to an activating group) is 1. The number of anilines is 2. The molecule has 1 saturated carbocycles. The minimum atomic E-state index is -0.182. The van der Waals surface area contributed by atoms with Gasteiger partial charge in [-0.3, -0.25) is 0 Å². The Balaban J connectivity index is 1.78. The minimum absolute atomic E-state index is 0.182. The van der Waals surface area contributed by atoms with Crippen LogP contribution in [0.1, 0.15) is 12.8 Å². The molecule has 5 heteroatoms. The Hall–Kier alpha value is -1.88. The van der Waals surface area contributed by atoms with Crippen LogP contribution in [0.2, 0.25) is 0 Å². The summed E-state index contributed by atoms with van der Waals surface area (Å²) in [5.74, 6) is 0.598. The van der Waals surface area contributed by atoms with Gasteiger partial charge in [0.05, 0.1) is 17.3 Å². The Labute approximate surface area is 129 Å². The molecule has 0 amide bonds. The van der Waals surface area contributed by atoms with E-state index in [2.05, 4.69) is 27.1 Å². The quantitative estimate of drug-likeness (QED) is 0.944. The van der Waals surface area contributed by atoms with E-state index in [9.17, 15) is 4.39 Å². The molecule has 2 aliphatic rings. The standard InChI is InChI=1S/C17H21FN4/c1-21-7-9-22(10-8-21)17-16-13(3-2-4-14(16)18)15(11-19-17)20-12-5-6-12/h2-4,11-12,20H,5-10H2,1H3. The first-order chi connectivity index (χ1) is 10.7. The van der Waals surface area contributed by atoms with E-state index in [1.807, 2.05) is 12.3 Å². The van der Waals surface area contributed by atoms with Gasteiger partial charge in [-0.05, 0) is 26.0 Å². The fourth-order valence-corrected chi connectivity index (χ4v) is 3.06. The van der Waals surface area contributed by atoms with Gasteiger partial charge in [0.2, 0.25) is 0 Å². The lowest BCUT2D eigenvalue weighted by Crippen LogP contribution is -2.45. The minimum Gasteiger partial charge on any atom is -0.381 e. The van der Waals surface area contributed by atoms with Crippen molar-refractivity contribution in [3.8, 4) is 0 Å². The fraction of sp³-hybridized carbons (Fsp3) is 0.471. The molecule has 0 bridgehead atoms. The molecule has 4 nitrogen and oxygen atoms in total. The molecule has 116 valence electrons. The van der Waals surface area contributed by atoms with Crippen molar-refractivity contribution >= 4 is 22.3 Å². The molecule has 0 spiro atoms. The molecule has 1 aromatic heterocycles. The SMILES string of the molecule is CN1CCN(c2ncc(NC3CC3)c3cccc(F)c23)CC1. The van der Waals surface area contributed by atoms with Gasteiger partial charge in [0.1, 0.15) is 11.6 Å². The number of aromatic nitrogens is 1. The van der Waals surface area contributed by atoms with Gasteiger partial charge >= 0.3 is 0 Å². The second-order valence-electron chi connectivity index (χ2n) is 6.37. The normalized spacial score (nSPS) is 19.6. The van der Waals surface area contributed by atoms with Gasteiger partial charge in [0.15, 0.2) is 0 Å². The number of hydrogen-bond donors (Lipinski definition) is 1. The Morgan fingerprint density at radius 3 is 2.68 bits per heavy atom. The van der Waals surface area contributed by atoms with E-state index in [0.29, 0.717) is 11.4 Å². The molecule has 1 N–H and O–H groups in total. The fourth-order valence-electron chi connectivity index (χ4n) is 3.06. The average Bonchev–Trinajstić information content (AvgIpc) is 3.33. The molecular formula is C17H21FN4. The van der Waals surface area contributed by atoms with Crippen LogP contribution in [-0.2, 0) is 0 Å². The van der Waals surface area contributed by atoms with E-state index in [4.69, 9.17) is 0 Å². The number of piperazine rings is 1. The first kappa shape index (κ1) is 13.8. The Morgan fingerprint density at radius 1 is 1.18 bits per heavy atom. The van der Waals surface area contributed by atoms with Crippen LogP contribution in [0.15, 0.2) is 24.4 Å². The first-order valence-electron chi connectivity index (χ1n) is 7.99. The van der Waals surface area contributed by atoms with Crippen molar-refractivity contribution in [2.75, 3.05) is 43.4 Å². The number of nitrogens with one attached hydrogen (secondary N) is 1. The highest BCUT2D eigenvalue weighted by molar-refractivity contribution is 6.00. The summed E-state index contributed by atoms with van der Waals surface area (Å²) in [6, 6.07) is 5.83. The van der Waals surface area contributed by atoms with Gasteiger partial charge in [-0.15, -0.1) is 0 Å². The van der Waals surface area contributed by atoms with Crippen molar-refractivity contribution < 1.29 is 4.39 Å². The van der Waals surface area contributed by atoms with Crippen LogP contribution in [0, 0.1) is 5.82 Å². The number of fused-ring (bicyclic) bond motifs is 1. The third kappa shape index (κ3) is 2.50. The van der Waals surface area contributed by atoms with Crippen LogP contribution in [0.25, 0.3) is 10.8 Å². The molecular weight excluding hydrogens is 279 g/mol. The summed E-state index contributed by atoms with van der Waals surface area (Å²) in [6.07, 6.45) is 4.25. The number of nitrogens with zero attached hydrogens (tertiary/aromatic N) is 3. The maximum atomic E-state index is 14.5. The van der Waals surface area contributed by atoms with Crippen molar-refractivity contribution in [1.29, 1.82) is 0 Å². The first-order valence-corrected chi connectivity index (χ1v) is 7.99. The smallest absolute Gasteiger partial charge is 0.139 e. The Bertz CT molecular complexity index is 690. The van der Waals surface area contributed by atoms with Crippen LogP contribution in [-0.4, -0.2) is 49.2 Å². The Morgan fingerprint density at radius 2 is 1.95 bits per heavy atom. The molecule has 22 heavy (non-hydrogen) atoms. The summed E-state index contributed by atoms with van der Waals surface area (Å²) in [5.41, 5.74) is 0.954. The molecule has 2 heterocycles. The van der Waals surface area contributed by atoms with Gasteiger partial charge < -0.3 is 15.1 Å². The molecule has 2 fully saturated rings. The summed E-state index contributed by atoms with van der Waals surface area (Å²) < 4.78 is 14.5. The second-order valence-corrected chi connectivity index (χ2v) is 6.37. The van der Waals surface area contributed by atoms with Crippen LogP contribution < -0.4 is 10.2 Å². The number of hydrogen-bond acceptors (Lipinski definition) is 4. The zero-order valence-electron chi connectivity index (χ0n) is 12.8. The Kier molecular flexibility index (Phi) is 3.37. The van der Waals surface area contributed by atoms with E-state index in [1.54, 1.807) is 6.07 Å². The third-order valence-corrected chi connectivity index (χ3v) is 4.58. The lowest BCUT2D eigenvalue weighted by molar-refractivity contribution is 0.312. The predicted molar refractivity (Wildman–Crippen MR) is 88.1 cm³/mol. The van der Waals surface area contributed by atoms with Gasteiger partial charge in [-0.25, -0.2) is 9.37 Å². The number of rotatable bonds is 3. The van der Waals surface area contributed by atoms with Crippen LogP contribution in [0.4, 0.5) is 15.9 Å². The maximum absolute atomic E-state index is 14.5. The van der Waals surface area contributed by atoms with E-state index < -0.39 is 0 Å². The largest absolute Gasteiger partial charge is 0.381 e. The molecule has 0 radical (unpaired) electrons. The molecule has 0 atom stereocenters. The molecule has 2 aromatic rings. The topological polar surface area (TPSA) is 31.4 Å². The monoisotopic (exact) mass is 300 g/mol. The highest BCUT2D eigenvalue weighted by atomic mass is 19.1. The molecule has 1 saturated heterocycles. The van der Waals surface area contributed by atoms with Crippen LogP contribution >= 0.6 is 0 Å². The summed E-state index contributed by atoms with van der Waals surface area (Å²) in [4.78, 5) is 9.09. The van der Waals surface area contributed by atoms with Gasteiger partial charge in [-0.2, -0.15) is 0 Å². The molecule has 1 aromatic carbocycles. The lowest BCUT2D eigenvalue weighted by Gasteiger charge is -2.34. The number of benzene rings is 1.